The van der Waals surface area contributed by atoms with Crippen LogP contribution in [0.4, 0.5) is 0 Å². The second-order valence-corrected chi connectivity index (χ2v) is 6.84. The maximum Gasteiger partial charge on any atom is 0.260 e. The number of oxazole rings is 1. The van der Waals surface area contributed by atoms with Crippen LogP contribution in [0.25, 0.3) is 33.0 Å². The van der Waals surface area contributed by atoms with E-state index in [2.05, 4.69) is 9.97 Å². The third-order valence-electron chi connectivity index (χ3n) is 4.88. The van der Waals surface area contributed by atoms with E-state index in [1.54, 1.807) is 23.2 Å². The minimum absolute atomic E-state index is 0.110. The molecule has 28 heavy (non-hydrogen) atoms. The van der Waals surface area contributed by atoms with E-state index in [0.29, 0.717) is 11.3 Å². The van der Waals surface area contributed by atoms with Crippen LogP contribution in [0.2, 0.25) is 0 Å². The molecule has 0 fully saturated rings. The summed E-state index contributed by atoms with van der Waals surface area (Å²) >= 11 is 0. The quantitative estimate of drug-likeness (QED) is 0.469. The summed E-state index contributed by atoms with van der Waals surface area (Å²) in [6, 6.07) is 17.8. The summed E-state index contributed by atoms with van der Waals surface area (Å²) in [4.78, 5) is 21.8. The Labute approximate surface area is 160 Å². The third kappa shape index (κ3) is 2.77. The van der Waals surface area contributed by atoms with Crippen LogP contribution in [0.5, 0.6) is 0 Å². The SMILES string of the molecule is Cc1ccc2nc(Cn3ccc4c(-c5ccccc5)cncc4c3=O)oc2c1. The molecule has 5 rings (SSSR count). The van der Waals surface area contributed by atoms with Crippen LogP contribution < -0.4 is 5.56 Å². The first-order chi connectivity index (χ1) is 13.7. The van der Waals surface area contributed by atoms with Crippen molar-refractivity contribution in [2.24, 2.45) is 0 Å². The molecular weight excluding hydrogens is 350 g/mol. The maximum absolute atomic E-state index is 13.0. The van der Waals surface area contributed by atoms with Gasteiger partial charge in [0, 0.05) is 24.2 Å². The second-order valence-electron chi connectivity index (χ2n) is 6.84. The summed E-state index contributed by atoms with van der Waals surface area (Å²) in [6.45, 7) is 2.28. The molecule has 0 N–H and O–H groups in total. The van der Waals surface area contributed by atoms with Crippen molar-refractivity contribution >= 4 is 21.9 Å². The normalized spacial score (nSPS) is 11.3. The Morgan fingerprint density at radius 2 is 1.86 bits per heavy atom. The predicted molar refractivity (Wildman–Crippen MR) is 109 cm³/mol. The zero-order chi connectivity index (χ0) is 19.1. The van der Waals surface area contributed by atoms with E-state index in [4.69, 9.17) is 4.42 Å². The van der Waals surface area contributed by atoms with Gasteiger partial charge in [0.25, 0.3) is 5.56 Å². The summed E-state index contributed by atoms with van der Waals surface area (Å²) < 4.78 is 7.43. The molecule has 2 aromatic carbocycles. The molecule has 0 unspecified atom stereocenters. The van der Waals surface area contributed by atoms with Gasteiger partial charge in [-0.2, -0.15) is 0 Å². The van der Waals surface area contributed by atoms with E-state index < -0.39 is 0 Å². The first-order valence-corrected chi connectivity index (χ1v) is 9.08. The molecule has 136 valence electrons. The minimum Gasteiger partial charge on any atom is -0.439 e. The number of nitrogens with zero attached hydrogens (tertiary/aromatic N) is 3. The van der Waals surface area contributed by atoms with Crippen LogP contribution in [-0.4, -0.2) is 14.5 Å². The molecule has 5 aromatic rings. The first-order valence-electron chi connectivity index (χ1n) is 9.08. The van der Waals surface area contributed by atoms with E-state index >= 15 is 0 Å². The number of aromatic nitrogens is 3. The van der Waals surface area contributed by atoms with Crippen molar-refractivity contribution in [1.29, 1.82) is 0 Å². The molecule has 0 amide bonds. The molecule has 0 aliphatic carbocycles. The van der Waals surface area contributed by atoms with E-state index in [1.807, 2.05) is 61.5 Å². The van der Waals surface area contributed by atoms with Gasteiger partial charge in [-0.25, -0.2) is 4.98 Å². The van der Waals surface area contributed by atoms with Crippen LogP contribution in [0.15, 0.2) is 82.4 Å². The third-order valence-corrected chi connectivity index (χ3v) is 4.88. The molecule has 0 bridgehead atoms. The van der Waals surface area contributed by atoms with E-state index in [-0.39, 0.29) is 12.1 Å². The number of pyridine rings is 2. The first kappa shape index (κ1) is 16.4. The highest BCUT2D eigenvalue weighted by molar-refractivity contribution is 5.95. The van der Waals surface area contributed by atoms with Crippen LogP contribution >= 0.6 is 0 Å². The number of aryl methyl sites for hydroxylation is 1. The molecule has 0 aliphatic heterocycles. The van der Waals surface area contributed by atoms with Gasteiger partial charge < -0.3 is 8.98 Å². The second kappa shape index (κ2) is 6.46. The zero-order valence-electron chi connectivity index (χ0n) is 15.3. The lowest BCUT2D eigenvalue weighted by Crippen LogP contribution is -2.20. The Hall–Kier alpha value is -3.73. The van der Waals surface area contributed by atoms with Gasteiger partial charge in [0.1, 0.15) is 12.1 Å². The molecular formula is C23H17N3O2. The number of hydrogen-bond donors (Lipinski definition) is 0. The highest BCUT2D eigenvalue weighted by Gasteiger charge is 2.12. The monoisotopic (exact) mass is 367 g/mol. The Bertz CT molecular complexity index is 1370. The smallest absolute Gasteiger partial charge is 0.260 e. The fraction of sp³-hybridized carbons (Fsp3) is 0.0870. The van der Waals surface area contributed by atoms with Crippen molar-refractivity contribution < 1.29 is 4.42 Å². The fourth-order valence-electron chi connectivity index (χ4n) is 3.47. The van der Waals surface area contributed by atoms with Crippen LogP contribution in [0.3, 0.4) is 0 Å². The summed E-state index contributed by atoms with van der Waals surface area (Å²) in [7, 11) is 0. The lowest BCUT2D eigenvalue weighted by atomic mass is 10.0. The number of fused-ring (bicyclic) bond motifs is 2. The van der Waals surface area contributed by atoms with Crippen molar-refractivity contribution in [3.63, 3.8) is 0 Å². The van der Waals surface area contributed by atoms with E-state index in [9.17, 15) is 4.79 Å². The van der Waals surface area contributed by atoms with Gasteiger partial charge >= 0.3 is 0 Å². The van der Waals surface area contributed by atoms with Gasteiger partial charge in [-0.1, -0.05) is 36.4 Å². The zero-order valence-corrected chi connectivity index (χ0v) is 15.3. The molecule has 0 radical (unpaired) electrons. The Kier molecular flexibility index (Phi) is 3.79. The van der Waals surface area contributed by atoms with Crippen molar-refractivity contribution in [1.82, 2.24) is 14.5 Å². The van der Waals surface area contributed by atoms with Crippen LogP contribution in [0, 0.1) is 6.92 Å². The van der Waals surface area contributed by atoms with Crippen molar-refractivity contribution in [2.75, 3.05) is 0 Å². The Balaban J connectivity index is 1.59. The molecule has 0 atom stereocenters. The van der Waals surface area contributed by atoms with Gasteiger partial charge in [0.15, 0.2) is 5.58 Å². The van der Waals surface area contributed by atoms with Crippen LogP contribution in [0.1, 0.15) is 11.5 Å². The van der Waals surface area contributed by atoms with Crippen LogP contribution in [-0.2, 0) is 6.54 Å². The fourth-order valence-corrected chi connectivity index (χ4v) is 3.47. The van der Waals surface area contributed by atoms with Crippen molar-refractivity contribution in [3.8, 4) is 11.1 Å². The van der Waals surface area contributed by atoms with Gasteiger partial charge in [-0.3, -0.25) is 9.78 Å². The average Bonchev–Trinajstić information content (AvgIpc) is 3.12. The molecule has 5 nitrogen and oxygen atoms in total. The molecule has 0 saturated heterocycles. The largest absolute Gasteiger partial charge is 0.439 e. The number of benzene rings is 2. The molecule has 3 aromatic heterocycles. The number of hydrogen-bond acceptors (Lipinski definition) is 4. The van der Waals surface area contributed by atoms with Crippen molar-refractivity contribution in [2.45, 2.75) is 13.5 Å². The summed E-state index contributed by atoms with van der Waals surface area (Å²) in [5, 5.41) is 1.46. The van der Waals surface area contributed by atoms with Gasteiger partial charge in [-0.05, 0) is 41.6 Å². The molecule has 0 spiro atoms. The molecule has 5 heteroatoms. The molecule has 0 saturated carbocycles. The topological polar surface area (TPSA) is 60.9 Å². The average molecular weight is 367 g/mol. The minimum atomic E-state index is -0.110. The van der Waals surface area contributed by atoms with Crippen molar-refractivity contribution in [3.05, 3.63) is 95.0 Å². The summed E-state index contributed by atoms with van der Waals surface area (Å²) in [5.41, 5.74) is 4.50. The molecule has 0 aliphatic rings. The summed E-state index contributed by atoms with van der Waals surface area (Å²) in [5.74, 6) is 0.509. The van der Waals surface area contributed by atoms with Gasteiger partial charge in [0.2, 0.25) is 5.89 Å². The predicted octanol–water partition coefficient (Wildman–Crippen LogP) is 4.56. The van der Waals surface area contributed by atoms with E-state index in [1.165, 1.54) is 0 Å². The lowest BCUT2D eigenvalue weighted by molar-refractivity contribution is 0.505. The van der Waals surface area contributed by atoms with Gasteiger partial charge in [0.05, 0.1) is 5.39 Å². The molecule has 3 heterocycles. The Morgan fingerprint density at radius 1 is 1.00 bits per heavy atom. The summed E-state index contributed by atoms with van der Waals surface area (Å²) in [6.07, 6.45) is 5.21. The Morgan fingerprint density at radius 3 is 2.71 bits per heavy atom. The standard InChI is InChI=1S/C23H17N3O2/c1-15-7-8-20-21(11-15)28-22(25-20)14-26-10-9-17-18(16-5-3-2-4-6-16)12-24-13-19(17)23(26)27/h2-13H,14H2,1H3. The van der Waals surface area contributed by atoms with Gasteiger partial charge in [-0.15, -0.1) is 0 Å². The maximum atomic E-state index is 13.0. The highest BCUT2D eigenvalue weighted by Crippen LogP contribution is 2.26. The highest BCUT2D eigenvalue weighted by atomic mass is 16.3. The van der Waals surface area contributed by atoms with E-state index in [0.717, 1.165) is 33.2 Å². The lowest BCUT2D eigenvalue weighted by Gasteiger charge is -2.08. The number of rotatable bonds is 3.